The number of carbonyl (C=O) groups excluding carboxylic acids is 2. The van der Waals surface area contributed by atoms with Gasteiger partial charge in [-0.2, -0.15) is 0 Å². The molecule has 1 aromatic heterocycles. The zero-order valence-electron chi connectivity index (χ0n) is 16.8. The number of alkyl carbamates (subject to hydrolysis) is 1. The average Bonchev–Trinajstić information content (AvgIpc) is 3.14. The summed E-state index contributed by atoms with van der Waals surface area (Å²) in [5, 5.41) is 3.92. The van der Waals surface area contributed by atoms with E-state index in [4.69, 9.17) is 14.2 Å². The molecule has 0 bridgehead atoms. The molecule has 3 rings (SSSR count). The van der Waals surface area contributed by atoms with Crippen LogP contribution in [0.5, 0.6) is 0 Å². The van der Waals surface area contributed by atoms with E-state index in [1.165, 1.54) is 18.4 Å². The predicted molar refractivity (Wildman–Crippen MR) is 112 cm³/mol. The largest absolute Gasteiger partial charge is 0.465 e. The van der Waals surface area contributed by atoms with Gasteiger partial charge < -0.3 is 24.4 Å². The number of benzene rings is 1. The lowest BCUT2D eigenvalue weighted by atomic mass is 10.0. The SMILES string of the molecule is COC(=O)c1sc(N2CC[C@H](NC(=O)OCc3ccccc3)[C@H](OC)C2)cc1C. The van der Waals surface area contributed by atoms with Crippen molar-refractivity contribution in [2.45, 2.75) is 32.1 Å². The third-order valence-electron chi connectivity index (χ3n) is 4.97. The van der Waals surface area contributed by atoms with Crippen LogP contribution in [0.3, 0.4) is 0 Å². The number of esters is 1. The molecular formula is C21H26N2O5S. The Morgan fingerprint density at radius 3 is 2.69 bits per heavy atom. The van der Waals surface area contributed by atoms with Crippen LogP contribution in [0, 0.1) is 6.92 Å². The summed E-state index contributed by atoms with van der Waals surface area (Å²) in [6.07, 6.45) is 0.0787. The standard InChI is InChI=1S/C21H26N2O5S/c1-14-11-18(29-19(14)20(24)27-3)23-10-9-16(17(12-23)26-2)22-21(25)28-13-15-7-5-4-6-8-15/h4-8,11,16-17H,9-10,12-13H2,1-3H3,(H,22,25)/t16-,17+/m0/s1. The predicted octanol–water partition coefficient (Wildman–Crippen LogP) is 3.36. The highest BCUT2D eigenvalue weighted by atomic mass is 32.1. The van der Waals surface area contributed by atoms with Crippen LogP contribution in [0.4, 0.5) is 9.80 Å². The molecule has 2 atom stereocenters. The van der Waals surface area contributed by atoms with Crippen molar-refractivity contribution < 1.29 is 23.8 Å². The van der Waals surface area contributed by atoms with E-state index in [0.717, 1.165) is 22.7 Å². The van der Waals surface area contributed by atoms with Gasteiger partial charge in [0.05, 0.1) is 24.3 Å². The van der Waals surface area contributed by atoms with Gasteiger partial charge in [-0.15, -0.1) is 11.3 Å². The number of methoxy groups -OCH3 is 2. The highest BCUT2D eigenvalue weighted by molar-refractivity contribution is 7.18. The molecule has 1 aliphatic heterocycles. The number of carbonyl (C=O) groups is 2. The van der Waals surface area contributed by atoms with Crippen LogP contribution in [0.25, 0.3) is 0 Å². The Bertz CT molecular complexity index is 839. The van der Waals surface area contributed by atoms with E-state index in [-0.39, 0.29) is 24.7 Å². The second kappa shape index (κ2) is 9.76. The van der Waals surface area contributed by atoms with Gasteiger partial charge >= 0.3 is 12.1 Å². The topological polar surface area (TPSA) is 77.1 Å². The number of nitrogens with zero attached hydrogens (tertiary/aromatic N) is 1. The molecule has 156 valence electrons. The molecule has 2 aromatic rings. The van der Waals surface area contributed by atoms with Crippen molar-refractivity contribution in [3.05, 3.63) is 52.4 Å². The summed E-state index contributed by atoms with van der Waals surface area (Å²) < 4.78 is 15.8. The lowest BCUT2D eigenvalue weighted by Gasteiger charge is -2.38. The summed E-state index contributed by atoms with van der Waals surface area (Å²) in [4.78, 5) is 26.9. The summed E-state index contributed by atoms with van der Waals surface area (Å²) in [6, 6.07) is 11.4. The highest BCUT2D eigenvalue weighted by Gasteiger charge is 2.32. The first-order valence-electron chi connectivity index (χ1n) is 9.45. The van der Waals surface area contributed by atoms with Gasteiger partial charge in [0.15, 0.2) is 0 Å². The maximum atomic E-state index is 12.2. The molecule has 0 aliphatic carbocycles. The molecule has 1 aromatic carbocycles. The third kappa shape index (κ3) is 5.27. The van der Waals surface area contributed by atoms with Crippen molar-refractivity contribution in [3.8, 4) is 0 Å². The Labute approximate surface area is 174 Å². The van der Waals surface area contributed by atoms with E-state index in [1.54, 1.807) is 7.11 Å². The number of amides is 1. The summed E-state index contributed by atoms with van der Waals surface area (Å²) in [7, 11) is 3.02. The van der Waals surface area contributed by atoms with Crippen LogP contribution in [0.15, 0.2) is 36.4 Å². The first kappa shape index (κ1) is 21.1. The Morgan fingerprint density at radius 2 is 2.00 bits per heavy atom. The summed E-state index contributed by atoms with van der Waals surface area (Å²) in [6.45, 7) is 3.48. The maximum Gasteiger partial charge on any atom is 0.407 e. The highest BCUT2D eigenvalue weighted by Crippen LogP contribution is 2.32. The molecule has 1 saturated heterocycles. The van der Waals surface area contributed by atoms with Gasteiger partial charge in [-0.25, -0.2) is 9.59 Å². The van der Waals surface area contributed by atoms with Crippen LogP contribution >= 0.6 is 11.3 Å². The lowest BCUT2D eigenvalue weighted by molar-refractivity contribution is 0.0547. The van der Waals surface area contributed by atoms with Crippen molar-refractivity contribution in [2.24, 2.45) is 0 Å². The number of rotatable bonds is 6. The Morgan fingerprint density at radius 1 is 1.24 bits per heavy atom. The van der Waals surface area contributed by atoms with Crippen molar-refractivity contribution in [3.63, 3.8) is 0 Å². The first-order valence-corrected chi connectivity index (χ1v) is 10.3. The van der Waals surface area contributed by atoms with E-state index >= 15 is 0 Å². The van der Waals surface area contributed by atoms with Gasteiger partial charge in [-0.3, -0.25) is 0 Å². The normalized spacial score (nSPS) is 18.9. The second-order valence-corrected chi connectivity index (χ2v) is 7.94. The summed E-state index contributed by atoms with van der Waals surface area (Å²) in [5.41, 5.74) is 1.84. The van der Waals surface area contributed by atoms with E-state index in [9.17, 15) is 9.59 Å². The van der Waals surface area contributed by atoms with Gasteiger partial charge in [0.2, 0.25) is 0 Å². The Balaban J connectivity index is 1.56. The van der Waals surface area contributed by atoms with Crippen molar-refractivity contribution in [1.29, 1.82) is 0 Å². The molecule has 1 fully saturated rings. The third-order valence-corrected chi connectivity index (χ3v) is 6.24. The molecule has 8 heteroatoms. The van der Waals surface area contributed by atoms with Crippen LogP contribution in [0.1, 0.15) is 27.2 Å². The lowest BCUT2D eigenvalue weighted by Crippen LogP contribution is -2.54. The molecule has 0 saturated carbocycles. The fourth-order valence-electron chi connectivity index (χ4n) is 3.35. The van der Waals surface area contributed by atoms with Crippen LogP contribution in [-0.4, -0.2) is 51.5 Å². The molecular weight excluding hydrogens is 392 g/mol. The van der Waals surface area contributed by atoms with Gasteiger partial charge in [-0.05, 0) is 30.5 Å². The van der Waals surface area contributed by atoms with Crippen molar-refractivity contribution in [1.82, 2.24) is 5.32 Å². The van der Waals surface area contributed by atoms with Crippen molar-refractivity contribution >= 4 is 28.4 Å². The van der Waals surface area contributed by atoms with Gasteiger partial charge in [0.25, 0.3) is 0 Å². The number of aryl methyl sites for hydroxylation is 1. The quantitative estimate of drug-likeness (QED) is 0.725. The minimum Gasteiger partial charge on any atom is -0.465 e. The Kier molecular flexibility index (Phi) is 7.11. The zero-order valence-corrected chi connectivity index (χ0v) is 17.7. The van der Waals surface area contributed by atoms with Gasteiger partial charge in [0.1, 0.15) is 11.5 Å². The molecule has 2 heterocycles. The van der Waals surface area contributed by atoms with E-state index < -0.39 is 6.09 Å². The molecule has 1 N–H and O–H groups in total. The number of nitrogens with one attached hydrogen (secondary N) is 1. The molecule has 1 aliphatic rings. The molecule has 1 amide bonds. The monoisotopic (exact) mass is 418 g/mol. The zero-order chi connectivity index (χ0) is 20.8. The fraction of sp³-hybridized carbons (Fsp3) is 0.429. The van der Waals surface area contributed by atoms with Crippen LogP contribution in [0.2, 0.25) is 0 Å². The van der Waals surface area contributed by atoms with E-state index in [2.05, 4.69) is 10.2 Å². The maximum absolute atomic E-state index is 12.2. The van der Waals surface area contributed by atoms with E-state index in [1.807, 2.05) is 43.3 Å². The Hall–Kier alpha value is -2.58. The molecule has 0 spiro atoms. The smallest absolute Gasteiger partial charge is 0.407 e. The van der Waals surface area contributed by atoms with Gasteiger partial charge in [0, 0.05) is 20.2 Å². The minimum atomic E-state index is -0.450. The number of anilines is 1. The second-order valence-electron chi connectivity index (χ2n) is 6.91. The number of hydrogen-bond acceptors (Lipinski definition) is 7. The molecule has 7 nitrogen and oxygen atoms in total. The number of hydrogen-bond donors (Lipinski definition) is 1. The minimum absolute atomic E-state index is 0.138. The summed E-state index contributed by atoms with van der Waals surface area (Å²) >= 11 is 1.42. The van der Waals surface area contributed by atoms with Crippen LogP contribution < -0.4 is 10.2 Å². The molecule has 0 radical (unpaired) electrons. The average molecular weight is 419 g/mol. The first-order chi connectivity index (χ1) is 14.0. The van der Waals surface area contributed by atoms with E-state index in [0.29, 0.717) is 17.8 Å². The fourth-order valence-corrected chi connectivity index (χ4v) is 4.48. The number of thiophene rings is 1. The number of piperidine rings is 1. The molecule has 29 heavy (non-hydrogen) atoms. The number of ether oxygens (including phenoxy) is 3. The molecule has 0 unspecified atom stereocenters. The van der Waals surface area contributed by atoms with Crippen molar-refractivity contribution in [2.75, 3.05) is 32.2 Å². The van der Waals surface area contributed by atoms with Crippen LogP contribution in [-0.2, 0) is 20.8 Å². The summed E-state index contributed by atoms with van der Waals surface area (Å²) in [5.74, 6) is -0.320. The van der Waals surface area contributed by atoms with Gasteiger partial charge in [-0.1, -0.05) is 30.3 Å².